The number of piperidine rings is 1. The van der Waals surface area contributed by atoms with Crippen LogP contribution in [-0.4, -0.2) is 78.1 Å². The van der Waals surface area contributed by atoms with Crippen molar-refractivity contribution >= 4 is 6.03 Å². The van der Waals surface area contributed by atoms with Crippen LogP contribution in [0.5, 0.6) is 0 Å². The molecular weight excluding hydrogens is 384 g/mol. The molecule has 5 nitrogen and oxygen atoms in total. The second-order valence-corrected chi connectivity index (χ2v) is 10.2. The first-order chi connectivity index (χ1) is 15.0. The molecule has 1 aromatic rings. The highest BCUT2D eigenvalue weighted by Gasteiger charge is 2.34. The second kappa shape index (κ2) is 10.4. The predicted octanol–water partition coefficient (Wildman–Crippen LogP) is 4.22. The van der Waals surface area contributed by atoms with Gasteiger partial charge in [-0.05, 0) is 57.9 Å². The average Bonchev–Trinajstić information content (AvgIpc) is 2.80. The fourth-order valence-corrected chi connectivity index (χ4v) is 5.81. The van der Waals surface area contributed by atoms with Gasteiger partial charge in [0.15, 0.2) is 0 Å². The Morgan fingerprint density at radius 2 is 1.55 bits per heavy atom. The minimum Gasteiger partial charge on any atom is -0.334 e. The SMILES string of the molecule is Cc1ccc(C2CCN(C(=O)N[C@H]3CCCCC3N3CCN(C(C)C)CC3)CC2)cc1. The maximum Gasteiger partial charge on any atom is 0.317 e. The summed E-state index contributed by atoms with van der Waals surface area (Å²) in [4.78, 5) is 20.4. The third kappa shape index (κ3) is 5.61. The summed E-state index contributed by atoms with van der Waals surface area (Å²) in [5, 5.41) is 3.46. The Balaban J connectivity index is 1.28. The molecule has 4 rings (SSSR count). The molecule has 1 aliphatic carbocycles. The first kappa shape index (κ1) is 22.6. The molecule has 2 heterocycles. The summed E-state index contributed by atoms with van der Waals surface area (Å²) in [5.74, 6) is 0.587. The van der Waals surface area contributed by atoms with Gasteiger partial charge in [-0.3, -0.25) is 9.80 Å². The third-order valence-corrected chi connectivity index (χ3v) is 7.92. The largest absolute Gasteiger partial charge is 0.334 e. The van der Waals surface area contributed by atoms with Crippen LogP contribution >= 0.6 is 0 Å². The number of rotatable bonds is 4. The van der Waals surface area contributed by atoms with Gasteiger partial charge in [-0.25, -0.2) is 4.79 Å². The van der Waals surface area contributed by atoms with Crippen LogP contribution in [0.1, 0.15) is 69.4 Å². The first-order valence-electron chi connectivity index (χ1n) is 12.6. The van der Waals surface area contributed by atoms with Gasteiger partial charge in [0, 0.05) is 57.4 Å². The molecule has 1 aromatic carbocycles. The maximum atomic E-state index is 13.1. The maximum absolute atomic E-state index is 13.1. The van der Waals surface area contributed by atoms with Gasteiger partial charge < -0.3 is 10.2 Å². The minimum atomic E-state index is 0.167. The van der Waals surface area contributed by atoms with E-state index >= 15 is 0 Å². The molecule has 3 fully saturated rings. The Labute approximate surface area is 189 Å². The van der Waals surface area contributed by atoms with E-state index in [1.54, 1.807) is 0 Å². The molecule has 5 heteroatoms. The van der Waals surface area contributed by atoms with Gasteiger partial charge in [0.25, 0.3) is 0 Å². The summed E-state index contributed by atoms with van der Waals surface area (Å²) in [5.41, 5.74) is 2.74. The number of carbonyl (C=O) groups excluding carboxylic acids is 1. The Morgan fingerprint density at radius 1 is 0.903 bits per heavy atom. The average molecular weight is 427 g/mol. The van der Waals surface area contributed by atoms with Crippen molar-refractivity contribution in [1.82, 2.24) is 20.0 Å². The van der Waals surface area contributed by atoms with E-state index in [4.69, 9.17) is 0 Å². The van der Waals surface area contributed by atoms with E-state index < -0.39 is 0 Å². The molecular formula is C26H42N4O. The molecule has 1 N–H and O–H groups in total. The Bertz CT molecular complexity index is 703. The molecule has 31 heavy (non-hydrogen) atoms. The molecule has 2 atom stereocenters. The van der Waals surface area contributed by atoms with Gasteiger partial charge in [-0.1, -0.05) is 42.7 Å². The lowest BCUT2D eigenvalue weighted by Gasteiger charge is -2.45. The highest BCUT2D eigenvalue weighted by Crippen LogP contribution is 2.29. The molecule has 3 aliphatic rings. The van der Waals surface area contributed by atoms with Crippen molar-refractivity contribution in [2.24, 2.45) is 0 Å². The topological polar surface area (TPSA) is 38.8 Å². The number of urea groups is 1. The quantitative estimate of drug-likeness (QED) is 0.783. The van der Waals surface area contributed by atoms with Crippen LogP contribution in [0.15, 0.2) is 24.3 Å². The van der Waals surface area contributed by atoms with Gasteiger partial charge >= 0.3 is 6.03 Å². The molecule has 0 radical (unpaired) electrons. The number of nitrogens with one attached hydrogen (secondary N) is 1. The Morgan fingerprint density at radius 3 is 2.19 bits per heavy atom. The number of hydrogen-bond donors (Lipinski definition) is 1. The van der Waals surface area contributed by atoms with Crippen molar-refractivity contribution in [3.63, 3.8) is 0 Å². The van der Waals surface area contributed by atoms with Crippen molar-refractivity contribution in [3.05, 3.63) is 35.4 Å². The summed E-state index contributed by atoms with van der Waals surface area (Å²) in [6, 6.07) is 10.6. The summed E-state index contributed by atoms with van der Waals surface area (Å²) >= 11 is 0. The van der Waals surface area contributed by atoms with Crippen LogP contribution in [0.3, 0.4) is 0 Å². The van der Waals surface area contributed by atoms with E-state index in [0.29, 0.717) is 24.0 Å². The fraction of sp³-hybridized carbons (Fsp3) is 0.731. The molecule has 2 amide bonds. The summed E-state index contributed by atoms with van der Waals surface area (Å²) in [7, 11) is 0. The molecule has 0 bridgehead atoms. The molecule has 2 aliphatic heterocycles. The van der Waals surface area contributed by atoms with Crippen LogP contribution in [-0.2, 0) is 0 Å². The number of hydrogen-bond acceptors (Lipinski definition) is 3. The van der Waals surface area contributed by atoms with Crippen LogP contribution in [0.4, 0.5) is 4.79 Å². The van der Waals surface area contributed by atoms with Crippen molar-refractivity contribution < 1.29 is 4.79 Å². The van der Waals surface area contributed by atoms with Gasteiger partial charge in [-0.2, -0.15) is 0 Å². The smallest absolute Gasteiger partial charge is 0.317 e. The van der Waals surface area contributed by atoms with E-state index in [1.807, 2.05) is 0 Å². The van der Waals surface area contributed by atoms with Crippen LogP contribution < -0.4 is 5.32 Å². The lowest BCUT2D eigenvalue weighted by Crippen LogP contribution is -2.60. The lowest BCUT2D eigenvalue weighted by atomic mass is 9.88. The third-order valence-electron chi connectivity index (χ3n) is 7.92. The summed E-state index contributed by atoms with van der Waals surface area (Å²) < 4.78 is 0. The fourth-order valence-electron chi connectivity index (χ4n) is 5.81. The Hall–Kier alpha value is -1.59. The van der Waals surface area contributed by atoms with E-state index in [2.05, 4.69) is 65.1 Å². The van der Waals surface area contributed by atoms with Crippen molar-refractivity contribution in [2.75, 3.05) is 39.3 Å². The highest BCUT2D eigenvalue weighted by molar-refractivity contribution is 5.74. The number of piperazine rings is 1. The number of likely N-dealkylation sites (tertiary alicyclic amines) is 1. The van der Waals surface area contributed by atoms with E-state index in [9.17, 15) is 4.79 Å². The minimum absolute atomic E-state index is 0.167. The van der Waals surface area contributed by atoms with Gasteiger partial charge in [0.1, 0.15) is 0 Å². The number of nitrogens with zero attached hydrogens (tertiary/aromatic N) is 3. The molecule has 2 saturated heterocycles. The number of carbonyl (C=O) groups is 1. The van der Waals surface area contributed by atoms with Gasteiger partial charge in [-0.15, -0.1) is 0 Å². The van der Waals surface area contributed by atoms with Crippen molar-refractivity contribution in [3.8, 4) is 0 Å². The van der Waals surface area contributed by atoms with Crippen LogP contribution in [0.2, 0.25) is 0 Å². The lowest BCUT2D eigenvalue weighted by molar-refractivity contribution is 0.0498. The van der Waals surface area contributed by atoms with Gasteiger partial charge in [0.05, 0.1) is 0 Å². The van der Waals surface area contributed by atoms with Crippen LogP contribution in [0.25, 0.3) is 0 Å². The molecule has 0 spiro atoms. The standard InChI is InChI=1S/C26H42N4O/c1-20(2)28-16-18-29(19-17-28)25-7-5-4-6-24(25)27-26(31)30-14-12-23(13-15-30)22-10-8-21(3)9-11-22/h8-11,20,23-25H,4-7,12-19H2,1-3H3,(H,27,31)/t24-,25?/m0/s1. The Kier molecular flexibility index (Phi) is 7.55. The zero-order valence-corrected chi connectivity index (χ0v) is 19.9. The van der Waals surface area contributed by atoms with Crippen molar-refractivity contribution in [1.29, 1.82) is 0 Å². The van der Waals surface area contributed by atoms with E-state index in [-0.39, 0.29) is 6.03 Å². The zero-order valence-electron chi connectivity index (χ0n) is 19.9. The molecule has 172 valence electrons. The summed E-state index contributed by atoms with van der Waals surface area (Å²) in [6.07, 6.45) is 7.03. The molecule has 1 unspecified atom stereocenters. The summed E-state index contributed by atoms with van der Waals surface area (Å²) in [6.45, 7) is 13.0. The monoisotopic (exact) mass is 426 g/mol. The zero-order chi connectivity index (χ0) is 21.8. The molecule has 0 aromatic heterocycles. The van der Waals surface area contributed by atoms with Crippen LogP contribution in [0, 0.1) is 6.92 Å². The number of amides is 2. The first-order valence-corrected chi connectivity index (χ1v) is 12.6. The number of aryl methyl sites for hydroxylation is 1. The van der Waals surface area contributed by atoms with Gasteiger partial charge in [0.2, 0.25) is 0 Å². The second-order valence-electron chi connectivity index (χ2n) is 10.2. The number of benzene rings is 1. The predicted molar refractivity (Wildman–Crippen MR) is 128 cm³/mol. The molecule has 1 saturated carbocycles. The van der Waals surface area contributed by atoms with Crippen molar-refractivity contribution in [2.45, 2.75) is 83.3 Å². The van der Waals surface area contributed by atoms with E-state index in [1.165, 1.54) is 30.4 Å². The van der Waals surface area contributed by atoms with E-state index in [0.717, 1.165) is 58.5 Å². The highest BCUT2D eigenvalue weighted by atomic mass is 16.2. The normalized spacial score (nSPS) is 26.9.